The molecule has 1 unspecified atom stereocenters. The molecule has 6 nitrogen and oxygen atoms in total. The zero-order chi connectivity index (χ0) is 14.3. The van der Waals surface area contributed by atoms with Gasteiger partial charge in [0, 0.05) is 18.7 Å². The molecule has 1 aliphatic rings. The Morgan fingerprint density at radius 2 is 2.00 bits per heavy atom. The summed E-state index contributed by atoms with van der Waals surface area (Å²) in [5, 5.41) is 14.4. The van der Waals surface area contributed by atoms with Crippen molar-refractivity contribution in [3.63, 3.8) is 0 Å². The van der Waals surface area contributed by atoms with Gasteiger partial charge in [-0.1, -0.05) is 12.8 Å². The molecule has 0 aromatic heterocycles. The first kappa shape index (κ1) is 15.8. The van der Waals surface area contributed by atoms with Crippen molar-refractivity contribution in [1.29, 1.82) is 0 Å². The number of amides is 2. The fourth-order valence-electron chi connectivity index (χ4n) is 2.43. The number of hydrogen-bond acceptors (Lipinski definition) is 3. The molecule has 1 saturated carbocycles. The second-order valence-electron chi connectivity index (χ2n) is 5.28. The van der Waals surface area contributed by atoms with Crippen LogP contribution in [0.25, 0.3) is 0 Å². The number of carbonyl (C=O) groups excluding carboxylic acids is 1. The van der Waals surface area contributed by atoms with Crippen LogP contribution in [-0.4, -0.2) is 41.9 Å². The molecule has 0 aliphatic heterocycles. The highest BCUT2D eigenvalue weighted by molar-refractivity contribution is 5.75. The molecule has 3 N–H and O–H groups in total. The van der Waals surface area contributed by atoms with E-state index in [0.29, 0.717) is 6.61 Å². The standard InChI is InChI=1S/C13H24N2O4/c1-3-19-10(8-11(16)17)9-14-12(18)15-13(2)6-4-5-7-13/h10H,3-9H2,1-2H3,(H,16,17)(H2,14,15,18). The lowest BCUT2D eigenvalue weighted by Crippen LogP contribution is -2.50. The monoisotopic (exact) mass is 272 g/mol. The third-order valence-corrected chi connectivity index (χ3v) is 3.42. The summed E-state index contributed by atoms with van der Waals surface area (Å²) in [4.78, 5) is 22.4. The van der Waals surface area contributed by atoms with Crippen LogP contribution in [0.5, 0.6) is 0 Å². The summed E-state index contributed by atoms with van der Waals surface area (Å²) in [6.45, 7) is 4.48. The van der Waals surface area contributed by atoms with E-state index in [1.165, 1.54) is 0 Å². The second kappa shape index (κ2) is 7.33. The smallest absolute Gasteiger partial charge is 0.315 e. The lowest BCUT2D eigenvalue weighted by molar-refractivity contribution is -0.140. The summed E-state index contributed by atoms with van der Waals surface area (Å²) in [5.41, 5.74) is -0.127. The average Bonchev–Trinajstić information content (AvgIpc) is 2.72. The Labute approximate surface area is 113 Å². The molecule has 0 aromatic carbocycles. The molecule has 1 fully saturated rings. The number of ether oxygens (including phenoxy) is 1. The van der Waals surface area contributed by atoms with Crippen LogP contribution in [0.3, 0.4) is 0 Å². The van der Waals surface area contributed by atoms with Gasteiger partial charge in [-0.05, 0) is 26.7 Å². The van der Waals surface area contributed by atoms with Gasteiger partial charge in [0.05, 0.1) is 12.5 Å². The van der Waals surface area contributed by atoms with Crippen LogP contribution in [-0.2, 0) is 9.53 Å². The zero-order valence-corrected chi connectivity index (χ0v) is 11.7. The number of hydrogen-bond donors (Lipinski definition) is 3. The highest BCUT2D eigenvalue weighted by Crippen LogP contribution is 2.28. The Morgan fingerprint density at radius 3 is 2.53 bits per heavy atom. The number of aliphatic carboxylic acids is 1. The normalized spacial score (nSPS) is 18.8. The number of carboxylic acid groups (broad SMARTS) is 1. The van der Waals surface area contributed by atoms with Crippen molar-refractivity contribution >= 4 is 12.0 Å². The van der Waals surface area contributed by atoms with E-state index in [1.807, 2.05) is 6.92 Å². The fourth-order valence-corrected chi connectivity index (χ4v) is 2.43. The Morgan fingerprint density at radius 1 is 1.37 bits per heavy atom. The van der Waals surface area contributed by atoms with Gasteiger partial charge in [0.15, 0.2) is 0 Å². The van der Waals surface area contributed by atoms with Crippen molar-refractivity contribution in [2.45, 2.75) is 57.6 Å². The minimum atomic E-state index is -0.927. The fraction of sp³-hybridized carbons (Fsp3) is 0.846. The summed E-state index contributed by atoms with van der Waals surface area (Å²) in [7, 11) is 0. The molecule has 19 heavy (non-hydrogen) atoms. The Bertz CT molecular complexity index is 314. The van der Waals surface area contributed by atoms with Crippen LogP contribution in [0.4, 0.5) is 4.79 Å². The molecule has 110 valence electrons. The number of urea groups is 1. The lowest BCUT2D eigenvalue weighted by Gasteiger charge is -2.26. The van der Waals surface area contributed by atoms with Gasteiger partial charge in [0.1, 0.15) is 0 Å². The molecule has 2 amide bonds. The molecular formula is C13H24N2O4. The largest absolute Gasteiger partial charge is 0.481 e. The minimum absolute atomic E-state index is 0.106. The second-order valence-corrected chi connectivity index (χ2v) is 5.28. The summed E-state index contributed by atoms with van der Waals surface area (Å²) in [6.07, 6.45) is 3.67. The summed E-state index contributed by atoms with van der Waals surface area (Å²) >= 11 is 0. The topological polar surface area (TPSA) is 87.7 Å². The molecule has 0 aromatic rings. The third kappa shape index (κ3) is 5.92. The van der Waals surface area contributed by atoms with Crippen molar-refractivity contribution in [2.75, 3.05) is 13.2 Å². The molecule has 0 bridgehead atoms. The molecular weight excluding hydrogens is 248 g/mol. The Hall–Kier alpha value is -1.30. The van der Waals surface area contributed by atoms with Gasteiger partial charge in [-0.2, -0.15) is 0 Å². The number of rotatable bonds is 7. The molecule has 0 heterocycles. The van der Waals surface area contributed by atoms with Crippen LogP contribution < -0.4 is 10.6 Å². The highest BCUT2D eigenvalue weighted by Gasteiger charge is 2.30. The molecule has 1 rings (SSSR count). The Kier molecular flexibility index (Phi) is 6.08. The van der Waals surface area contributed by atoms with Gasteiger partial charge in [0.2, 0.25) is 0 Å². The summed E-state index contributed by atoms with van der Waals surface area (Å²) in [5.74, 6) is -0.927. The lowest BCUT2D eigenvalue weighted by atomic mass is 10.0. The van der Waals surface area contributed by atoms with E-state index in [1.54, 1.807) is 6.92 Å². The first-order chi connectivity index (χ1) is 8.95. The van der Waals surface area contributed by atoms with Crippen LogP contribution in [0.15, 0.2) is 0 Å². The minimum Gasteiger partial charge on any atom is -0.481 e. The van der Waals surface area contributed by atoms with Crippen LogP contribution in [0.1, 0.15) is 46.0 Å². The van der Waals surface area contributed by atoms with Crippen molar-refractivity contribution in [3.05, 3.63) is 0 Å². The first-order valence-electron chi connectivity index (χ1n) is 6.84. The van der Waals surface area contributed by atoms with Crippen LogP contribution in [0.2, 0.25) is 0 Å². The molecule has 0 radical (unpaired) electrons. The van der Waals surface area contributed by atoms with E-state index >= 15 is 0 Å². The average molecular weight is 272 g/mol. The predicted octanol–water partition coefficient (Wildman–Crippen LogP) is 1.50. The van der Waals surface area contributed by atoms with Gasteiger partial charge in [-0.15, -0.1) is 0 Å². The Balaban J connectivity index is 2.32. The molecule has 6 heteroatoms. The third-order valence-electron chi connectivity index (χ3n) is 3.42. The van der Waals surface area contributed by atoms with Crippen LogP contribution >= 0.6 is 0 Å². The van der Waals surface area contributed by atoms with Gasteiger partial charge in [-0.3, -0.25) is 4.79 Å². The van der Waals surface area contributed by atoms with E-state index in [0.717, 1.165) is 25.7 Å². The first-order valence-corrected chi connectivity index (χ1v) is 6.84. The van der Waals surface area contributed by atoms with Gasteiger partial charge >= 0.3 is 12.0 Å². The van der Waals surface area contributed by atoms with Crippen molar-refractivity contribution < 1.29 is 19.4 Å². The number of carbonyl (C=O) groups is 2. The number of carboxylic acids is 1. The maximum atomic E-state index is 11.8. The summed E-state index contributed by atoms with van der Waals surface area (Å²) < 4.78 is 5.27. The van der Waals surface area contributed by atoms with Gasteiger partial charge < -0.3 is 20.5 Å². The van der Waals surface area contributed by atoms with Crippen molar-refractivity contribution in [2.24, 2.45) is 0 Å². The molecule has 1 aliphatic carbocycles. The van der Waals surface area contributed by atoms with Gasteiger partial charge in [-0.25, -0.2) is 4.79 Å². The highest BCUT2D eigenvalue weighted by atomic mass is 16.5. The van der Waals surface area contributed by atoms with E-state index in [4.69, 9.17) is 9.84 Å². The van der Waals surface area contributed by atoms with Crippen molar-refractivity contribution in [1.82, 2.24) is 10.6 Å². The molecule has 1 atom stereocenters. The van der Waals surface area contributed by atoms with E-state index < -0.39 is 12.1 Å². The maximum absolute atomic E-state index is 11.8. The number of nitrogens with one attached hydrogen (secondary N) is 2. The zero-order valence-electron chi connectivity index (χ0n) is 11.7. The van der Waals surface area contributed by atoms with E-state index in [9.17, 15) is 9.59 Å². The van der Waals surface area contributed by atoms with E-state index in [-0.39, 0.29) is 24.5 Å². The van der Waals surface area contributed by atoms with Crippen molar-refractivity contribution in [3.8, 4) is 0 Å². The van der Waals surface area contributed by atoms with Gasteiger partial charge in [0.25, 0.3) is 0 Å². The summed E-state index contributed by atoms with van der Waals surface area (Å²) in [6, 6.07) is -0.250. The molecule has 0 spiro atoms. The van der Waals surface area contributed by atoms with E-state index in [2.05, 4.69) is 10.6 Å². The quantitative estimate of drug-likeness (QED) is 0.655. The molecule has 0 saturated heterocycles. The van der Waals surface area contributed by atoms with Crippen LogP contribution in [0, 0.1) is 0 Å². The SMILES string of the molecule is CCOC(CNC(=O)NC1(C)CCCC1)CC(=O)O. The predicted molar refractivity (Wildman–Crippen MR) is 71.1 cm³/mol. The maximum Gasteiger partial charge on any atom is 0.315 e.